The molecule has 0 aromatic heterocycles. The Morgan fingerprint density at radius 2 is 2.09 bits per heavy atom. The average Bonchev–Trinajstić information content (AvgIpc) is 2.05. The molecule has 64 valence electrons. The SMILES string of the molecule is O=C(O)[C@@H](F)C1CCOCC1. The second-order valence-electron chi connectivity index (χ2n) is 2.69. The lowest BCUT2D eigenvalue weighted by atomic mass is 9.95. The molecule has 0 amide bonds. The van der Waals surface area contributed by atoms with Crippen LogP contribution in [0.3, 0.4) is 0 Å². The Labute approximate surface area is 64.2 Å². The lowest BCUT2D eigenvalue weighted by Gasteiger charge is -2.22. The highest BCUT2D eigenvalue weighted by Crippen LogP contribution is 2.20. The molecule has 1 saturated heterocycles. The van der Waals surface area contributed by atoms with E-state index < -0.39 is 12.1 Å². The maximum Gasteiger partial charge on any atom is 0.338 e. The molecular weight excluding hydrogens is 151 g/mol. The van der Waals surface area contributed by atoms with Crippen LogP contribution in [-0.4, -0.2) is 30.5 Å². The smallest absolute Gasteiger partial charge is 0.338 e. The van der Waals surface area contributed by atoms with Crippen LogP contribution in [0.5, 0.6) is 0 Å². The van der Waals surface area contributed by atoms with Crippen molar-refractivity contribution in [1.29, 1.82) is 0 Å². The first-order chi connectivity index (χ1) is 5.22. The molecule has 1 rings (SSSR count). The standard InChI is InChI=1S/C7H11FO3/c8-6(7(9)10)5-1-3-11-4-2-5/h5-6H,1-4H2,(H,9,10)/t6-/m0/s1. The molecule has 1 aliphatic heterocycles. The van der Waals surface area contributed by atoms with Crippen LogP contribution < -0.4 is 0 Å². The van der Waals surface area contributed by atoms with Gasteiger partial charge in [-0.15, -0.1) is 0 Å². The van der Waals surface area contributed by atoms with Crippen LogP contribution in [0.4, 0.5) is 4.39 Å². The molecule has 4 heteroatoms. The van der Waals surface area contributed by atoms with Gasteiger partial charge in [-0.05, 0) is 12.8 Å². The fraction of sp³-hybridized carbons (Fsp3) is 0.857. The highest BCUT2D eigenvalue weighted by Gasteiger charge is 2.28. The van der Waals surface area contributed by atoms with Crippen molar-refractivity contribution in [3.05, 3.63) is 0 Å². The summed E-state index contributed by atoms with van der Waals surface area (Å²) in [5.74, 6) is -1.70. The Kier molecular flexibility index (Phi) is 2.82. The predicted octanol–water partition coefficient (Wildman–Crippen LogP) is 0.836. The summed E-state index contributed by atoms with van der Waals surface area (Å²) in [5.41, 5.74) is 0. The van der Waals surface area contributed by atoms with Gasteiger partial charge in [0.05, 0.1) is 0 Å². The zero-order valence-electron chi connectivity index (χ0n) is 6.12. The molecule has 1 heterocycles. The minimum Gasteiger partial charge on any atom is -0.479 e. The van der Waals surface area contributed by atoms with Crippen LogP contribution in [-0.2, 0) is 9.53 Å². The maximum absolute atomic E-state index is 12.8. The highest BCUT2D eigenvalue weighted by molar-refractivity contribution is 5.72. The Morgan fingerprint density at radius 1 is 1.55 bits per heavy atom. The van der Waals surface area contributed by atoms with E-state index in [1.54, 1.807) is 0 Å². The van der Waals surface area contributed by atoms with Crippen molar-refractivity contribution in [3.8, 4) is 0 Å². The fourth-order valence-electron chi connectivity index (χ4n) is 1.21. The van der Waals surface area contributed by atoms with Crippen LogP contribution in [0.2, 0.25) is 0 Å². The summed E-state index contributed by atoms with van der Waals surface area (Å²) < 4.78 is 17.7. The topological polar surface area (TPSA) is 46.5 Å². The Hall–Kier alpha value is -0.640. The number of ether oxygens (including phenoxy) is 1. The molecule has 0 radical (unpaired) electrons. The summed E-state index contributed by atoms with van der Waals surface area (Å²) in [6.07, 6.45) is -0.667. The van der Waals surface area contributed by atoms with Crippen molar-refractivity contribution >= 4 is 5.97 Å². The van der Waals surface area contributed by atoms with E-state index in [2.05, 4.69) is 0 Å². The minimum absolute atomic E-state index is 0.346. The summed E-state index contributed by atoms with van der Waals surface area (Å²) in [4.78, 5) is 10.2. The molecular formula is C7H11FO3. The van der Waals surface area contributed by atoms with Crippen molar-refractivity contribution in [2.75, 3.05) is 13.2 Å². The van der Waals surface area contributed by atoms with Gasteiger partial charge < -0.3 is 9.84 Å². The molecule has 1 N–H and O–H groups in total. The van der Waals surface area contributed by atoms with E-state index in [1.807, 2.05) is 0 Å². The number of aliphatic carboxylic acids is 1. The third-order valence-corrected chi connectivity index (χ3v) is 1.92. The van der Waals surface area contributed by atoms with Gasteiger partial charge in [-0.3, -0.25) is 0 Å². The normalized spacial score (nSPS) is 23.0. The monoisotopic (exact) mass is 162 g/mol. The van der Waals surface area contributed by atoms with Gasteiger partial charge in [0.2, 0.25) is 0 Å². The van der Waals surface area contributed by atoms with E-state index in [9.17, 15) is 9.18 Å². The molecule has 0 aromatic rings. The number of hydrogen-bond acceptors (Lipinski definition) is 2. The van der Waals surface area contributed by atoms with Gasteiger partial charge in [-0.2, -0.15) is 0 Å². The lowest BCUT2D eigenvalue weighted by Crippen LogP contribution is -2.30. The molecule has 0 saturated carbocycles. The summed E-state index contributed by atoms with van der Waals surface area (Å²) >= 11 is 0. The highest BCUT2D eigenvalue weighted by atomic mass is 19.1. The van der Waals surface area contributed by atoms with Crippen LogP contribution in [0.15, 0.2) is 0 Å². The third-order valence-electron chi connectivity index (χ3n) is 1.92. The summed E-state index contributed by atoms with van der Waals surface area (Å²) in [5, 5.41) is 8.32. The van der Waals surface area contributed by atoms with Gasteiger partial charge in [-0.1, -0.05) is 0 Å². The van der Waals surface area contributed by atoms with Gasteiger partial charge in [0, 0.05) is 19.1 Å². The van der Waals surface area contributed by atoms with Crippen LogP contribution in [0.25, 0.3) is 0 Å². The predicted molar refractivity (Wildman–Crippen MR) is 36.1 cm³/mol. The molecule has 0 aromatic carbocycles. The lowest BCUT2D eigenvalue weighted by molar-refractivity contribution is -0.146. The zero-order chi connectivity index (χ0) is 8.27. The second kappa shape index (κ2) is 3.67. The number of alkyl halides is 1. The first-order valence-corrected chi connectivity index (χ1v) is 3.66. The quantitative estimate of drug-likeness (QED) is 0.654. The van der Waals surface area contributed by atoms with Crippen molar-refractivity contribution in [2.45, 2.75) is 19.0 Å². The van der Waals surface area contributed by atoms with Crippen molar-refractivity contribution in [3.63, 3.8) is 0 Å². The number of rotatable bonds is 2. The summed E-state index contributed by atoms with van der Waals surface area (Å²) in [6, 6.07) is 0. The van der Waals surface area contributed by atoms with E-state index in [-0.39, 0.29) is 5.92 Å². The van der Waals surface area contributed by atoms with Crippen molar-refractivity contribution in [1.82, 2.24) is 0 Å². The van der Waals surface area contributed by atoms with Crippen LogP contribution in [0.1, 0.15) is 12.8 Å². The van der Waals surface area contributed by atoms with E-state index in [0.717, 1.165) is 0 Å². The fourth-order valence-corrected chi connectivity index (χ4v) is 1.21. The van der Waals surface area contributed by atoms with Crippen LogP contribution >= 0.6 is 0 Å². The van der Waals surface area contributed by atoms with E-state index in [1.165, 1.54) is 0 Å². The molecule has 1 atom stereocenters. The molecule has 0 spiro atoms. The summed E-state index contributed by atoms with van der Waals surface area (Å²) in [6.45, 7) is 0.969. The van der Waals surface area contributed by atoms with E-state index in [4.69, 9.17) is 9.84 Å². The number of carbonyl (C=O) groups is 1. The van der Waals surface area contributed by atoms with Gasteiger partial charge in [0.15, 0.2) is 6.17 Å². The largest absolute Gasteiger partial charge is 0.479 e. The number of carboxylic acid groups (broad SMARTS) is 1. The van der Waals surface area contributed by atoms with Gasteiger partial charge in [-0.25, -0.2) is 9.18 Å². The second-order valence-corrected chi connectivity index (χ2v) is 2.69. The number of halogens is 1. The molecule has 1 fully saturated rings. The Morgan fingerprint density at radius 3 is 2.55 bits per heavy atom. The minimum atomic E-state index is -1.71. The van der Waals surface area contributed by atoms with Crippen molar-refractivity contribution in [2.24, 2.45) is 5.92 Å². The van der Waals surface area contributed by atoms with E-state index in [0.29, 0.717) is 26.1 Å². The van der Waals surface area contributed by atoms with Gasteiger partial charge in [0.1, 0.15) is 0 Å². The molecule has 11 heavy (non-hydrogen) atoms. The Bertz CT molecular complexity index is 143. The summed E-state index contributed by atoms with van der Waals surface area (Å²) in [7, 11) is 0. The molecule has 0 aliphatic carbocycles. The van der Waals surface area contributed by atoms with Crippen LogP contribution in [0, 0.1) is 5.92 Å². The molecule has 3 nitrogen and oxygen atoms in total. The molecule has 1 aliphatic rings. The molecule has 0 bridgehead atoms. The number of carboxylic acids is 1. The average molecular weight is 162 g/mol. The maximum atomic E-state index is 12.8. The van der Waals surface area contributed by atoms with Crippen molar-refractivity contribution < 1.29 is 19.0 Å². The van der Waals surface area contributed by atoms with Gasteiger partial charge in [0.25, 0.3) is 0 Å². The molecule has 0 unspecified atom stereocenters. The zero-order valence-corrected chi connectivity index (χ0v) is 6.12. The Balaban J connectivity index is 2.38. The van der Waals surface area contributed by atoms with E-state index >= 15 is 0 Å². The third kappa shape index (κ3) is 2.15. The first kappa shape index (κ1) is 8.46. The first-order valence-electron chi connectivity index (χ1n) is 3.66. The number of hydrogen-bond donors (Lipinski definition) is 1. The van der Waals surface area contributed by atoms with Gasteiger partial charge >= 0.3 is 5.97 Å².